The number of benzene rings is 1. The summed E-state index contributed by atoms with van der Waals surface area (Å²) < 4.78 is 0. The summed E-state index contributed by atoms with van der Waals surface area (Å²) in [6.45, 7) is 8.57. The molecule has 1 aliphatic rings. The number of hydrogen-bond donors (Lipinski definition) is 0. The number of hydrogen-bond acceptors (Lipinski definition) is 3. The van der Waals surface area contributed by atoms with Gasteiger partial charge in [0.05, 0.1) is 4.92 Å². The van der Waals surface area contributed by atoms with E-state index in [1.54, 1.807) is 12.1 Å². The van der Waals surface area contributed by atoms with E-state index in [2.05, 4.69) is 18.7 Å². The van der Waals surface area contributed by atoms with Crippen molar-refractivity contribution in [2.45, 2.75) is 27.2 Å². The third-order valence-corrected chi connectivity index (χ3v) is 3.60. The fraction of sp³-hybridized carbons (Fsp3) is 0.571. The molecule has 0 aromatic heterocycles. The molecular weight excluding hydrogens is 228 g/mol. The molecule has 0 amide bonds. The van der Waals surface area contributed by atoms with Crippen LogP contribution >= 0.6 is 0 Å². The van der Waals surface area contributed by atoms with E-state index in [0.29, 0.717) is 11.8 Å². The van der Waals surface area contributed by atoms with E-state index in [1.807, 2.05) is 13.0 Å². The Balaban J connectivity index is 2.25. The number of anilines is 1. The van der Waals surface area contributed by atoms with Crippen LogP contribution in [0.2, 0.25) is 0 Å². The number of nitro groups is 1. The lowest BCUT2D eigenvalue weighted by Gasteiger charge is -2.37. The summed E-state index contributed by atoms with van der Waals surface area (Å²) in [4.78, 5) is 12.8. The molecule has 0 spiro atoms. The zero-order chi connectivity index (χ0) is 13.3. The van der Waals surface area contributed by atoms with Crippen LogP contribution in [-0.2, 0) is 0 Å². The van der Waals surface area contributed by atoms with Gasteiger partial charge in [-0.15, -0.1) is 0 Å². The molecule has 1 heterocycles. The first-order valence-corrected chi connectivity index (χ1v) is 6.47. The average molecular weight is 248 g/mol. The van der Waals surface area contributed by atoms with Gasteiger partial charge >= 0.3 is 0 Å². The zero-order valence-corrected chi connectivity index (χ0v) is 11.2. The van der Waals surface area contributed by atoms with Crippen LogP contribution in [0.3, 0.4) is 0 Å². The van der Waals surface area contributed by atoms with Gasteiger partial charge in [-0.25, -0.2) is 0 Å². The summed E-state index contributed by atoms with van der Waals surface area (Å²) in [5.74, 6) is 1.37. The van der Waals surface area contributed by atoms with Crippen molar-refractivity contribution in [2.24, 2.45) is 11.8 Å². The maximum absolute atomic E-state index is 10.7. The highest BCUT2D eigenvalue weighted by Gasteiger charge is 2.23. The normalized spacial score (nSPS) is 24.1. The van der Waals surface area contributed by atoms with Crippen LogP contribution in [0.1, 0.15) is 25.8 Å². The molecule has 1 saturated heterocycles. The molecule has 98 valence electrons. The number of rotatable bonds is 2. The van der Waals surface area contributed by atoms with E-state index in [4.69, 9.17) is 0 Å². The van der Waals surface area contributed by atoms with E-state index in [9.17, 15) is 10.1 Å². The summed E-state index contributed by atoms with van der Waals surface area (Å²) in [6.07, 6.45) is 1.27. The van der Waals surface area contributed by atoms with Gasteiger partial charge in [0.25, 0.3) is 5.69 Å². The highest BCUT2D eigenvalue weighted by atomic mass is 16.6. The Morgan fingerprint density at radius 1 is 1.28 bits per heavy atom. The van der Waals surface area contributed by atoms with E-state index in [0.717, 1.165) is 24.3 Å². The molecule has 2 rings (SSSR count). The molecule has 2 atom stereocenters. The van der Waals surface area contributed by atoms with Crippen molar-refractivity contribution < 1.29 is 4.92 Å². The monoisotopic (exact) mass is 248 g/mol. The van der Waals surface area contributed by atoms with Crippen molar-refractivity contribution in [3.05, 3.63) is 33.9 Å². The van der Waals surface area contributed by atoms with Crippen LogP contribution in [0, 0.1) is 28.9 Å². The second-order valence-corrected chi connectivity index (χ2v) is 5.58. The average Bonchev–Trinajstić information content (AvgIpc) is 2.27. The predicted molar refractivity (Wildman–Crippen MR) is 73.0 cm³/mol. The van der Waals surface area contributed by atoms with Crippen LogP contribution in [0.4, 0.5) is 11.4 Å². The second kappa shape index (κ2) is 4.96. The lowest BCUT2D eigenvalue weighted by molar-refractivity contribution is -0.384. The minimum Gasteiger partial charge on any atom is -0.371 e. The summed E-state index contributed by atoms with van der Waals surface area (Å²) in [6, 6.07) is 5.16. The molecule has 0 bridgehead atoms. The topological polar surface area (TPSA) is 46.4 Å². The van der Waals surface area contributed by atoms with Crippen LogP contribution in [-0.4, -0.2) is 18.0 Å². The first kappa shape index (κ1) is 12.9. The molecular formula is C14H20N2O2. The first-order valence-electron chi connectivity index (χ1n) is 6.47. The predicted octanol–water partition coefficient (Wildman–Crippen LogP) is 3.39. The molecule has 1 aliphatic heterocycles. The van der Waals surface area contributed by atoms with Crippen molar-refractivity contribution in [1.82, 2.24) is 0 Å². The SMILES string of the molecule is Cc1cc([N+](=O)[O-])ccc1N1C[C@H](C)C[C@H](C)C1. The van der Waals surface area contributed by atoms with Crippen LogP contribution in [0.5, 0.6) is 0 Å². The zero-order valence-electron chi connectivity index (χ0n) is 11.2. The Labute approximate surface area is 108 Å². The first-order chi connectivity index (χ1) is 8.47. The van der Waals surface area contributed by atoms with Crippen molar-refractivity contribution >= 4 is 11.4 Å². The van der Waals surface area contributed by atoms with Gasteiger partial charge in [0, 0.05) is 30.9 Å². The van der Waals surface area contributed by atoms with E-state index >= 15 is 0 Å². The van der Waals surface area contributed by atoms with Crippen LogP contribution in [0.15, 0.2) is 18.2 Å². The van der Waals surface area contributed by atoms with Gasteiger partial charge in [0.2, 0.25) is 0 Å². The molecule has 0 radical (unpaired) electrons. The molecule has 18 heavy (non-hydrogen) atoms. The molecule has 4 heteroatoms. The van der Waals surface area contributed by atoms with Crippen LogP contribution in [0.25, 0.3) is 0 Å². The van der Waals surface area contributed by atoms with Crippen LogP contribution < -0.4 is 4.90 Å². The number of nitro benzene ring substituents is 1. The van der Waals surface area contributed by atoms with Crippen molar-refractivity contribution in [3.8, 4) is 0 Å². The van der Waals surface area contributed by atoms with Gasteiger partial charge in [-0.2, -0.15) is 0 Å². The van der Waals surface area contributed by atoms with E-state index in [1.165, 1.54) is 6.42 Å². The van der Waals surface area contributed by atoms with Gasteiger partial charge < -0.3 is 4.90 Å². The number of nitrogens with zero attached hydrogens (tertiary/aromatic N) is 2. The van der Waals surface area contributed by atoms with Gasteiger partial charge in [-0.1, -0.05) is 13.8 Å². The smallest absolute Gasteiger partial charge is 0.269 e. The Morgan fingerprint density at radius 3 is 2.39 bits per heavy atom. The lowest BCUT2D eigenvalue weighted by Crippen LogP contribution is -2.39. The van der Waals surface area contributed by atoms with Crippen molar-refractivity contribution in [3.63, 3.8) is 0 Å². The third kappa shape index (κ3) is 2.63. The number of aryl methyl sites for hydroxylation is 1. The fourth-order valence-electron chi connectivity index (χ4n) is 2.97. The summed E-state index contributed by atoms with van der Waals surface area (Å²) in [5, 5.41) is 10.7. The summed E-state index contributed by atoms with van der Waals surface area (Å²) in [5.41, 5.74) is 2.30. The maximum Gasteiger partial charge on any atom is 0.269 e. The maximum atomic E-state index is 10.7. The van der Waals surface area contributed by atoms with E-state index in [-0.39, 0.29) is 10.6 Å². The molecule has 1 aromatic rings. The second-order valence-electron chi connectivity index (χ2n) is 5.58. The summed E-state index contributed by atoms with van der Waals surface area (Å²) in [7, 11) is 0. The highest BCUT2D eigenvalue weighted by molar-refractivity contribution is 5.57. The molecule has 4 nitrogen and oxygen atoms in total. The molecule has 0 unspecified atom stereocenters. The minimum atomic E-state index is -0.335. The Morgan fingerprint density at radius 2 is 1.89 bits per heavy atom. The molecule has 0 saturated carbocycles. The Hall–Kier alpha value is -1.58. The quantitative estimate of drug-likeness (QED) is 0.595. The summed E-state index contributed by atoms with van der Waals surface area (Å²) >= 11 is 0. The molecule has 1 fully saturated rings. The molecule has 1 aromatic carbocycles. The number of piperidine rings is 1. The van der Waals surface area contributed by atoms with Crippen molar-refractivity contribution in [2.75, 3.05) is 18.0 Å². The lowest BCUT2D eigenvalue weighted by atomic mass is 9.91. The van der Waals surface area contributed by atoms with Gasteiger partial charge in [-0.05, 0) is 36.8 Å². The minimum absolute atomic E-state index is 0.175. The van der Waals surface area contributed by atoms with E-state index < -0.39 is 0 Å². The van der Waals surface area contributed by atoms with Crippen molar-refractivity contribution in [1.29, 1.82) is 0 Å². The van der Waals surface area contributed by atoms with Gasteiger partial charge in [0.15, 0.2) is 0 Å². The van der Waals surface area contributed by atoms with Gasteiger partial charge in [-0.3, -0.25) is 10.1 Å². The fourth-order valence-corrected chi connectivity index (χ4v) is 2.97. The Kier molecular flexibility index (Phi) is 3.55. The molecule has 0 N–H and O–H groups in total. The highest BCUT2D eigenvalue weighted by Crippen LogP contribution is 2.30. The molecule has 0 aliphatic carbocycles. The van der Waals surface area contributed by atoms with Gasteiger partial charge in [0.1, 0.15) is 0 Å². The number of non-ortho nitro benzene ring substituents is 1. The largest absolute Gasteiger partial charge is 0.371 e. The third-order valence-electron chi connectivity index (χ3n) is 3.60. The Bertz CT molecular complexity index is 449. The standard InChI is InChI=1S/C14H20N2O2/c1-10-6-11(2)9-15(8-10)14-5-4-13(16(17)18)7-12(14)3/h4-5,7,10-11H,6,8-9H2,1-3H3/t10-,11+.